The molecule has 0 radical (unpaired) electrons. The van der Waals surface area contributed by atoms with Gasteiger partial charge in [-0.05, 0) is 25.7 Å². The third-order valence-corrected chi connectivity index (χ3v) is 3.40. The maximum atomic E-state index is 10.9. The molecule has 0 spiro atoms. The molecular formula is C9H14O3. The van der Waals surface area contributed by atoms with Gasteiger partial charge in [0.25, 0.3) is 0 Å². The highest BCUT2D eigenvalue weighted by atomic mass is 16.4. The lowest BCUT2D eigenvalue weighted by Crippen LogP contribution is -2.30. The van der Waals surface area contributed by atoms with E-state index in [2.05, 4.69) is 0 Å². The molecule has 2 aliphatic carbocycles. The lowest BCUT2D eigenvalue weighted by Gasteiger charge is -2.21. The van der Waals surface area contributed by atoms with Crippen LogP contribution in [0.3, 0.4) is 0 Å². The van der Waals surface area contributed by atoms with Gasteiger partial charge in [-0.1, -0.05) is 6.42 Å². The highest BCUT2D eigenvalue weighted by molar-refractivity contribution is 5.78. The summed E-state index contributed by atoms with van der Waals surface area (Å²) in [6, 6.07) is 0. The van der Waals surface area contributed by atoms with Gasteiger partial charge < -0.3 is 10.2 Å². The van der Waals surface area contributed by atoms with Crippen LogP contribution in [0.25, 0.3) is 0 Å². The van der Waals surface area contributed by atoms with Crippen LogP contribution < -0.4 is 0 Å². The van der Waals surface area contributed by atoms with E-state index >= 15 is 0 Å². The van der Waals surface area contributed by atoms with E-state index in [0.717, 1.165) is 32.1 Å². The van der Waals surface area contributed by atoms with Crippen LogP contribution in [-0.2, 0) is 4.79 Å². The van der Waals surface area contributed by atoms with Crippen LogP contribution in [0, 0.1) is 11.3 Å². The summed E-state index contributed by atoms with van der Waals surface area (Å²) in [7, 11) is 0. The van der Waals surface area contributed by atoms with Crippen molar-refractivity contribution < 1.29 is 15.0 Å². The van der Waals surface area contributed by atoms with Crippen LogP contribution >= 0.6 is 0 Å². The van der Waals surface area contributed by atoms with Gasteiger partial charge >= 0.3 is 5.97 Å². The molecule has 2 rings (SSSR count). The number of aliphatic carboxylic acids is 1. The molecule has 2 atom stereocenters. The number of rotatable bonds is 2. The summed E-state index contributed by atoms with van der Waals surface area (Å²) in [5, 5.41) is 18.5. The summed E-state index contributed by atoms with van der Waals surface area (Å²) in [5.74, 6) is -0.663. The maximum absolute atomic E-state index is 10.9. The fraction of sp³-hybridized carbons (Fsp3) is 0.889. The van der Waals surface area contributed by atoms with Crippen LogP contribution in [0.4, 0.5) is 0 Å². The predicted molar refractivity (Wildman–Crippen MR) is 42.7 cm³/mol. The molecule has 2 saturated carbocycles. The number of carboxylic acids is 1. The van der Waals surface area contributed by atoms with E-state index in [1.54, 1.807) is 0 Å². The molecule has 0 bridgehead atoms. The molecule has 0 aliphatic heterocycles. The van der Waals surface area contributed by atoms with Crippen molar-refractivity contribution in [2.75, 3.05) is 0 Å². The number of carbonyl (C=O) groups is 1. The standard InChI is InChI=1S/C9H14O3/c10-7-3-1-2-6(7)9(4-5-9)8(11)12/h6-7,10H,1-5H2,(H,11,12). The van der Waals surface area contributed by atoms with Crippen LogP contribution in [0.15, 0.2) is 0 Å². The summed E-state index contributed by atoms with van der Waals surface area (Å²) in [6.45, 7) is 0. The summed E-state index contributed by atoms with van der Waals surface area (Å²) in [6.07, 6.45) is 3.85. The average Bonchev–Trinajstić information content (AvgIpc) is 2.71. The maximum Gasteiger partial charge on any atom is 0.310 e. The number of aliphatic hydroxyl groups is 1. The molecule has 0 heterocycles. The van der Waals surface area contributed by atoms with Gasteiger partial charge in [-0.3, -0.25) is 4.79 Å². The van der Waals surface area contributed by atoms with Crippen molar-refractivity contribution in [3.63, 3.8) is 0 Å². The smallest absolute Gasteiger partial charge is 0.310 e. The van der Waals surface area contributed by atoms with Crippen molar-refractivity contribution in [2.24, 2.45) is 11.3 Å². The SMILES string of the molecule is O=C(O)C1(C2CCCC2O)CC1. The Bertz CT molecular complexity index is 208. The molecule has 0 aromatic carbocycles. The molecule has 68 valence electrons. The molecule has 2 N–H and O–H groups in total. The molecule has 2 aliphatic rings. The van der Waals surface area contributed by atoms with Crippen molar-refractivity contribution >= 4 is 5.97 Å². The fourth-order valence-corrected chi connectivity index (χ4v) is 2.46. The Labute approximate surface area is 71.4 Å². The molecule has 2 fully saturated rings. The van der Waals surface area contributed by atoms with Gasteiger partial charge in [0.1, 0.15) is 0 Å². The van der Waals surface area contributed by atoms with E-state index in [-0.39, 0.29) is 12.0 Å². The van der Waals surface area contributed by atoms with Gasteiger partial charge in [0.15, 0.2) is 0 Å². The summed E-state index contributed by atoms with van der Waals surface area (Å²) in [5.41, 5.74) is -0.532. The van der Waals surface area contributed by atoms with Gasteiger partial charge in [-0.15, -0.1) is 0 Å². The Morgan fingerprint density at radius 2 is 2.00 bits per heavy atom. The molecule has 0 saturated heterocycles. The van der Waals surface area contributed by atoms with E-state index in [0.29, 0.717) is 0 Å². The molecule has 2 unspecified atom stereocenters. The topological polar surface area (TPSA) is 57.5 Å². The Morgan fingerprint density at radius 3 is 2.33 bits per heavy atom. The second-order valence-electron chi connectivity index (χ2n) is 4.07. The van der Waals surface area contributed by atoms with Gasteiger partial charge in [0, 0.05) is 5.92 Å². The molecule has 0 aromatic rings. The van der Waals surface area contributed by atoms with Crippen molar-refractivity contribution in [1.82, 2.24) is 0 Å². The Hall–Kier alpha value is -0.570. The highest BCUT2D eigenvalue weighted by Crippen LogP contribution is 2.57. The van der Waals surface area contributed by atoms with Gasteiger partial charge in [-0.25, -0.2) is 0 Å². The first-order chi connectivity index (χ1) is 5.67. The molecule has 3 heteroatoms. The lowest BCUT2D eigenvalue weighted by molar-refractivity contribution is -0.147. The Balaban J connectivity index is 2.13. The zero-order valence-electron chi connectivity index (χ0n) is 6.99. The highest BCUT2D eigenvalue weighted by Gasteiger charge is 2.58. The summed E-state index contributed by atoms with van der Waals surface area (Å²) >= 11 is 0. The van der Waals surface area contributed by atoms with Gasteiger partial charge in [0.05, 0.1) is 11.5 Å². The van der Waals surface area contributed by atoms with E-state index in [9.17, 15) is 9.90 Å². The van der Waals surface area contributed by atoms with Crippen molar-refractivity contribution in [3.8, 4) is 0 Å². The third-order valence-electron chi connectivity index (χ3n) is 3.40. The van der Waals surface area contributed by atoms with Crippen LogP contribution in [0.1, 0.15) is 32.1 Å². The molecule has 0 amide bonds. The second-order valence-corrected chi connectivity index (χ2v) is 4.07. The number of carboxylic acid groups (broad SMARTS) is 1. The first-order valence-electron chi connectivity index (χ1n) is 4.58. The van der Waals surface area contributed by atoms with E-state index in [4.69, 9.17) is 5.11 Å². The quantitative estimate of drug-likeness (QED) is 0.650. The first kappa shape index (κ1) is 8.05. The summed E-state index contributed by atoms with van der Waals surface area (Å²) < 4.78 is 0. The summed E-state index contributed by atoms with van der Waals surface area (Å²) in [4.78, 5) is 10.9. The van der Waals surface area contributed by atoms with E-state index < -0.39 is 11.4 Å². The number of hydrogen-bond acceptors (Lipinski definition) is 2. The first-order valence-corrected chi connectivity index (χ1v) is 4.58. The minimum Gasteiger partial charge on any atom is -0.481 e. The molecule has 12 heavy (non-hydrogen) atoms. The number of hydrogen-bond donors (Lipinski definition) is 2. The number of aliphatic hydroxyl groups excluding tert-OH is 1. The van der Waals surface area contributed by atoms with Gasteiger partial charge in [-0.2, -0.15) is 0 Å². The Kier molecular flexibility index (Phi) is 1.65. The minimum absolute atomic E-state index is 0.0370. The normalized spacial score (nSPS) is 38.1. The van der Waals surface area contributed by atoms with Crippen LogP contribution in [0.5, 0.6) is 0 Å². The average molecular weight is 170 g/mol. The molecular weight excluding hydrogens is 156 g/mol. The molecule has 3 nitrogen and oxygen atoms in total. The van der Waals surface area contributed by atoms with Crippen molar-refractivity contribution in [2.45, 2.75) is 38.2 Å². The van der Waals surface area contributed by atoms with E-state index in [1.807, 2.05) is 0 Å². The lowest BCUT2D eigenvalue weighted by atomic mass is 9.86. The largest absolute Gasteiger partial charge is 0.481 e. The van der Waals surface area contributed by atoms with E-state index in [1.165, 1.54) is 0 Å². The second kappa shape index (κ2) is 2.46. The van der Waals surface area contributed by atoms with Crippen LogP contribution in [0.2, 0.25) is 0 Å². The predicted octanol–water partition coefficient (Wildman–Crippen LogP) is 1.01. The zero-order chi connectivity index (χ0) is 8.77. The minimum atomic E-state index is -0.701. The monoisotopic (exact) mass is 170 g/mol. The third kappa shape index (κ3) is 0.959. The van der Waals surface area contributed by atoms with Crippen molar-refractivity contribution in [1.29, 1.82) is 0 Å². The van der Waals surface area contributed by atoms with Crippen molar-refractivity contribution in [3.05, 3.63) is 0 Å². The molecule has 0 aromatic heterocycles. The zero-order valence-corrected chi connectivity index (χ0v) is 6.99. The van der Waals surface area contributed by atoms with Gasteiger partial charge in [0.2, 0.25) is 0 Å². The van der Waals surface area contributed by atoms with Crippen LogP contribution in [-0.4, -0.2) is 22.3 Å². The Morgan fingerprint density at radius 1 is 1.33 bits per heavy atom. The fourth-order valence-electron chi connectivity index (χ4n) is 2.46.